The molecule has 2 rings (SSSR count). The van der Waals surface area contributed by atoms with Gasteiger partial charge in [0.05, 0.1) is 11.5 Å². The maximum absolute atomic E-state index is 10.8. The van der Waals surface area contributed by atoms with Crippen LogP contribution in [0.3, 0.4) is 0 Å². The third-order valence-corrected chi connectivity index (χ3v) is 6.53. The second kappa shape index (κ2) is 11.3. The highest BCUT2D eigenvalue weighted by atomic mass is 32.2. The molecule has 0 fully saturated rings. The van der Waals surface area contributed by atoms with E-state index in [1.165, 1.54) is 10.5 Å². The van der Waals surface area contributed by atoms with Crippen LogP contribution in [0, 0.1) is 11.8 Å². The molecule has 0 radical (unpaired) electrons. The van der Waals surface area contributed by atoms with Gasteiger partial charge in [-0.25, -0.2) is 4.57 Å². The summed E-state index contributed by atoms with van der Waals surface area (Å²) in [5.41, 5.74) is 6.62. The van der Waals surface area contributed by atoms with Gasteiger partial charge in [0.25, 0.3) is 0 Å². The molecule has 8 heteroatoms. The standard InChI is InChI=1S/C21H28NO4PS2/c1-21(22,16-26-27(23,24)25)14-13-19-12-11-18(29-19)9-5-3-4-7-17-8-6-10-20(15-17)28-2/h6,8,10-12,15H,3-4,7,13-14,16,22H2,1-2H3,(H2,23,24,25). The van der Waals surface area contributed by atoms with E-state index in [9.17, 15) is 4.57 Å². The Kier molecular flexibility index (Phi) is 9.45. The summed E-state index contributed by atoms with van der Waals surface area (Å²) in [5, 5.41) is 0. The minimum Gasteiger partial charge on any atom is -0.323 e. The highest BCUT2D eigenvalue weighted by Crippen LogP contribution is 2.37. The summed E-state index contributed by atoms with van der Waals surface area (Å²) in [7, 11) is -4.49. The van der Waals surface area contributed by atoms with Crippen LogP contribution in [0.25, 0.3) is 0 Å². The van der Waals surface area contributed by atoms with E-state index in [1.54, 1.807) is 30.0 Å². The first kappa shape index (κ1) is 24.2. The number of phosphoric ester groups is 1. The molecule has 2 aromatic rings. The zero-order valence-corrected chi connectivity index (χ0v) is 19.3. The van der Waals surface area contributed by atoms with Gasteiger partial charge in [-0.1, -0.05) is 24.0 Å². The minimum absolute atomic E-state index is 0.185. The van der Waals surface area contributed by atoms with Gasteiger partial charge in [0, 0.05) is 21.7 Å². The number of rotatable bonds is 10. The summed E-state index contributed by atoms with van der Waals surface area (Å²) in [6.45, 7) is 1.54. The van der Waals surface area contributed by atoms with E-state index in [2.05, 4.69) is 46.9 Å². The number of benzene rings is 1. The maximum atomic E-state index is 10.8. The molecule has 0 saturated carbocycles. The first-order valence-electron chi connectivity index (χ1n) is 9.36. The number of nitrogens with two attached hydrogens (primary N) is 1. The minimum atomic E-state index is -4.49. The fourth-order valence-electron chi connectivity index (χ4n) is 2.65. The van der Waals surface area contributed by atoms with Gasteiger partial charge in [0.2, 0.25) is 0 Å². The summed E-state index contributed by atoms with van der Waals surface area (Å²) in [4.78, 5) is 21.1. The molecule has 0 aliphatic carbocycles. The van der Waals surface area contributed by atoms with E-state index in [0.717, 1.165) is 35.4 Å². The lowest BCUT2D eigenvalue weighted by Crippen LogP contribution is -2.41. The van der Waals surface area contributed by atoms with Gasteiger partial charge >= 0.3 is 7.82 Å². The molecule has 4 N–H and O–H groups in total. The molecule has 0 amide bonds. The van der Waals surface area contributed by atoms with Crippen LogP contribution < -0.4 is 5.73 Å². The maximum Gasteiger partial charge on any atom is 0.469 e. The van der Waals surface area contributed by atoms with Gasteiger partial charge in [-0.15, -0.1) is 23.1 Å². The zero-order chi connectivity index (χ0) is 21.3. The molecular weight excluding hydrogens is 425 g/mol. The predicted octanol–water partition coefficient (Wildman–Crippen LogP) is 4.60. The SMILES string of the molecule is CSc1cccc(CCCC#Cc2ccc(CCC(C)(N)COP(=O)(O)O)s2)c1. The Bertz CT molecular complexity index is 895. The normalized spacial score (nSPS) is 13.6. The predicted molar refractivity (Wildman–Crippen MR) is 121 cm³/mol. The van der Waals surface area contributed by atoms with E-state index in [-0.39, 0.29) is 6.61 Å². The molecule has 29 heavy (non-hydrogen) atoms. The number of aryl methyl sites for hydroxylation is 2. The van der Waals surface area contributed by atoms with Crippen molar-refractivity contribution in [2.75, 3.05) is 12.9 Å². The van der Waals surface area contributed by atoms with Crippen LogP contribution in [0.1, 0.15) is 41.5 Å². The quantitative estimate of drug-likeness (QED) is 0.211. The van der Waals surface area contributed by atoms with Crippen molar-refractivity contribution in [3.8, 4) is 11.8 Å². The number of hydrogen-bond donors (Lipinski definition) is 3. The van der Waals surface area contributed by atoms with Crippen molar-refractivity contribution in [3.05, 3.63) is 51.7 Å². The summed E-state index contributed by atoms with van der Waals surface area (Å²) in [5.74, 6) is 6.47. The van der Waals surface area contributed by atoms with E-state index in [1.807, 2.05) is 12.1 Å². The topological polar surface area (TPSA) is 92.8 Å². The monoisotopic (exact) mass is 453 g/mol. The first-order valence-corrected chi connectivity index (χ1v) is 12.9. The average molecular weight is 454 g/mol. The number of thiophene rings is 1. The summed E-state index contributed by atoms with van der Waals surface area (Å²) in [6, 6.07) is 12.7. The van der Waals surface area contributed by atoms with Gasteiger partial charge < -0.3 is 15.5 Å². The number of hydrogen-bond acceptors (Lipinski definition) is 5. The molecule has 0 spiro atoms. The van der Waals surface area contributed by atoms with Crippen LogP contribution in [0.4, 0.5) is 0 Å². The van der Waals surface area contributed by atoms with Crippen molar-refractivity contribution in [2.45, 2.75) is 49.5 Å². The van der Waals surface area contributed by atoms with Gasteiger partial charge in [-0.05, 0) is 68.7 Å². The van der Waals surface area contributed by atoms with E-state index in [0.29, 0.717) is 6.42 Å². The summed E-state index contributed by atoms with van der Waals surface area (Å²) in [6.07, 6.45) is 6.30. The smallest absolute Gasteiger partial charge is 0.323 e. The Morgan fingerprint density at radius 3 is 2.79 bits per heavy atom. The van der Waals surface area contributed by atoms with Crippen molar-refractivity contribution in [1.82, 2.24) is 0 Å². The van der Waals surface area contributed by atoms with Gasteiger partial charge in [-0.3, -0.25) is 4.52 Å². The van der Waals surface area contributed by atoms with Crippen LogP contribution >= 0.6 is 30.9 Å². The fourth-order valence-corrected chi connectivity index (χ4v) is 4.48. The third kappa shape index (κ3) is 9.97. The zero-order valence-electron chi connectivity index (χ0n) is 16.8. The molecule has 0 bridgehead atoms. The van der Waals surface area contributed by atoms with Gasteiger partial charge in [0.1, 0.15) is 0 Å². The molecule has 1 aromatic heterocycles. The van der Waals surface area contributed by atoms with E-state index in [4.69, 9.17) is 15.5 Å². The van der Waals surface area contributed by atoms with Crippen LogP contribution in [0.15, 0.2) is 41.3 Å². The number of thioether (sulfide) groups is 1. The van der Waals surface area contributed by atoms with Crippen molar-refractivity contribution >= 4 is 30.9 Å². The Hall–Kier alpha value is -1.10. The lowest BCUT2D eigenvalue weighted by molar-refractivity contribution is 0.154. The van der Waals surface area contributed by atoms with Crippen LogP contribution in [-0.4, -0.2) is 28.2 Å². The second-order valence-corrected chi connectivity index (χ2v) is 10.5. The molecule has 1 aromatic carbocycles. The highest BCUT2D eigenvalue weighted by Gasteiger charge is 2.24. The van der Waals surface area contributed by atoms with E-state index < -0.39 is 13.4 Å². The lowest BCUT2D eigenvalue weighted by atomic mass is 9.98. The Morgan fingerprint density at radius 2 is 2.07 bits per heavy atom. The molecule has 5 nitrogen and oxygen atoms in total. The second-order valence-electron chi connectivity index (χ2n) is 7.19. The molecule has 1 atom stereocenters. The Labute approximate surface area is 181 Å². The summed E-state index contributed by atoms with van der Waals surface area (Å²) < 4.78 is 15.3. The fraction of sp³-hybridized carbons (Fsp3) is 0.429. The highest BCUT2D eigenvalue weighted by molar-refractivity contribution is 7.98. The largest absolute Gasteiger partial charge is 0.469 e. The Morgan fingerprint density at radius 1 is 1.28 bits per heavy atom. The Balaban J connectivity index is 1.75. The molecule has 158 valence electrons. The van der Waals surface area contributed by atoms with Crippen molar-refractivity contribution in [2.24, 2.45) is 5.73 Å². The molecule has 0 saturated heterocycles. The van der Waals surface area contributed by atoms with Crippen molar-refractivity contribution in [3.63, 3.8) is 0 Å². The molecule has 0 aliphatic heterocycles. The molecule has 1 heterocycles. The first-order chi connectivity index (χ1) is 13.7. The third-order valence-electron chi connectivity index (χ3n) is 4.28. The van der Waals surface area contributed by atoms with Crippen LogP contribution in [0.2, 0.25) is 0 Å². The molecule has 0 aliphatic rings. The van der Waals surface area contributed by atoms with Crippen LogP contribution in [0.5, 0.6) is 0 Å². The van der Waals surface area contributed by atoms with Crippen molar-refractivity contribution < 1.29 is 18.9 Å². The number of phosphoric acid groups is 1. The summed E-state index contributed by atoms with van der Waals surface area (Å²) >= 11 is 3.39. The molecular formula is C21H28NO4PS2. The molecule has 1 unspecified atom stereocenters. The average Bonchev–Trinajstić information content (AvgIpc) is 3.12. The lowest BCUT2D eigenvalue weighted by Gasteiger charge is -2.24. The van der Waals surface area contributed by atoms with Gasteiger partial charge in [-0.2, -0.15) is 0 Å². The van der Waals surface area contributed by atoms with Crippen molar-refractivity contribution in [1.29, 1.82) is 0 Å². The van der Waals surface area contributed by atoms with Gasteiger partial charge in [0.15, 0.2) is 0 Å². The number of unbranched alkanes of at least 4 members (excludes halogenated alkanes) is 1. The van der Waals surface area contributed by atoms with Crippen LogP contribution in [-0.2, 0) is 21.9 Å². The van der Waals surface area contributed by atoms with E-state index >= 15 is 0 Å².